The molecule has 6 heteroatoms. The standard InChI is InChI=1S/C15H12BrF3O2/c1-9-6-7-10(8-12(9)16)14(20)11-4-2-3-5-13(11)21-15(17,18)19/h2-8,14,20H,1H3. The van der Waals surface area contributed by atoms with Gasteiger partial charge in [-0.05, 0) is 30.2 Å². The van der Waals surface area contributed by atoms with E-state index in [1.165, 1.54) is 18.2 Å². The van der Waals surface area contributed by atoms with Gasteiger partial charge in [-0.15, -0.1) is 13.2 Å². The number of rotatable bonds is 3. The van der Waals surface area contributed by atoms with Crippen molar-refractivity contribution in [2.75, 3.05) is 0 Å². The molecule has 0 aliphatic rings. The van der Waals surface area contributed by atoms with Crippen LogP contribution in [0.5, 0.6) is 5.75 Å². The Kier molecular flexibility index (Phi) is 4.58. The van der Waals surface area contributed by atoms with Crippen LogP contribution in [0.1, 0.15) is 22.8 Å². The van der Waals surface area contributed by atoms with E-state index in [-0.39, 0.29) is 5.56 Å². The van der Waals surface area contributed by atoms with Crippen molar-refractivity contribution in [1.29, 1.82) is 0 Å². The van der Waals surface area contributed by atoms with E-state index in [0.29, 0.717) is 5.56 Å². The third kappa shape index (κ3) is 3.98. The van der Waals surface area contributed by atoms with Crippen molar-refractivity contribution in [1.82, 2.24) is 0 Å². The molecule has 21 heavy (non-hydrogen) atoms. The van der Waals surface area contributed by atoms with Crippen molar-refractivity contribution in [2.45, 2.75) is 19.4 Å². The number of aryl methyl sites for hydroxylation is 1. The fourth-order valence-corrected chi connectivity index (χ4v) is 2.28. The van der Waals surface area contributed by atoms with E-state index in [2.05, 4.69) is 20.7 Å². The molecule has 2 rings (SSSR count). The average Bonchev–Trinajstić information content (AvgIpc) is 2.40. The lowest BCUT2D eigenvalue weighted by atomic mass is 10.00. The van der Waals surface area contributed by atoms with E-state index >= 15 is 0 Å². The highest BCUT2D eigenvalue weighted by Crippen LogP contribution is 2.34. The van der Waals surface area contributed by atoms with Crippen LogP contribution in [-0.2, 0) is 0 Å². The molecule has 0 saturated heterocycles. The second kappa shape index (κ2) is 6.07. The van der Waals surface area contributed by atoms with E-state index in [0.717, 1.165) is 10.0 Å². The summed E-state index contributed by atoms with van der Waals surface area (Å²) in [6, 6.07) is 10.7. The zero-order valence-electron chi connectivity index (χ0n) is 11.0. The summed E-state index contributed by atoms with van der Waals surface area (Å²) in [7, 11) is 0. The van der Waals surface area contributed by atoms with Gasteiger partial charge in [-0.3, -0.25) is 0 Å². The molecule has 0 spiro atoms. The first kappa shape index (κ1) is 15.9. The van der Waals surface area contributed by atoms with Crippen LogP contribution in [0.2, 0.25) is 0 Å². The normalized spacial score (nSPS) is 13.0. The lowest BCUT2D eigenvalue weighted by Gasteiger charge is -2.18. The van der Waals surface area contributed by atoms with Crippen LogP contribution in [0, 0.1) is 6.92 Å². The highest BCUT2D eigenvalue weighted by atomic mass is 79.9. The molecule has 1 N–H and O–H groups in total. The minimum absolute atomic E-state index is 0.0607. The predicted molar refractivity (Wildman–Crippen MR) is 76.1 cm³/mol. The second-order valence-corrected chi connectivity index (χ2v) is 5.35. The van der Waals surface area contributed by atoms with E-state index in [4.69, 9.17) is 0 Å². The van der Waals surface area contributed by atoms with E-state index < -0.39 is 18.2 Å². The fourth-order valence-electron chi connectivity index (χ4n) is 1.88. The Bertz CT molecular complexity index is 641. The number of alkyl halides is 3. The maximum atomic E-state index is 12.4. The molecule has 0 aromatic heterocycles. The Morgan fingerprint density at radius 3 is 2.43 bits per heavy atom. The maximum Gasteiger partial charge on any atom is 0.573 e. The Balaban J connectivity index is 2.38. The molecule has 0 aliphatic carbocycles. The van der Waals surface area contributed by atoms with Crippen molar-refractivity contribution in [3.05, 3.63) is 63.6 Å². The smallest absolute Gasteiger partial charge is 0.405 e. The molecule has 0 aliphatic heterocycles. The number of benzene rings is 2. The Morgan fingerprint density at radius 2 is 1.81 bits per heavy atom. The summed E-state index contributed by atoms with van der Waals surface area (Å²) >= 11 is 3.33. The lowest BCUT2D eigenvalue weighted by molar-refractivity contribution is -0.275. The number of hydrogen-bond acceptors (Lipinski definition) is 2. The van der Waals surface area contributed by atoms with Crippen LogP contribution in [0.15, 0.2) is 46.9 Å². The Morgan fingerprint density at radius 1 is 1.14 bits per heavy atom. The average molecular weight is 361 g/mol. The number of aliphatic hydroxyl groups excluding tert-OH is 1. The predicted octanol–water partition coefficient (Wildman–Crippen LogP) is 4.74. The summed E-state index contributed by atoms with van der Waals surface area (Å²) < 4.78 is 41.9. The van der Waals surface area contributed by atoms with Gasteiger partial charge in [-0.25, -0.2) is 0 Å². The summed E-state index contributed by atoms with van der Waals surface area (Å²) in [4.78, 5) is 0. The first-order valence-electron chi connectivity index (χ1n) is 6.07. The molecule has 1 atom stereocenters. The van der Waals surface area contributed by atoms with E-state index in [9.17, 15) is 18.3 Å². The third-order valence-electron chi connectivity index (χ3n) is 2.95. The van der Waals surface area contributed by atoms with Gasteiger partial charge in [-0.1, -0.05) is 46.3 Å². The molecule has 0 bridgehead atoms. The zero-order valence-corrected chi connectivity index (χ0v) is 12.6. The number of ether oxygens (including phenoxy) is 1. The van der Waals surface area contributed by atoms with Crippen molar-refractivity contribution < 1.29 is 23.0 Å². The zero-order chi connectivity index (χ0) is 15.6. The van der Waals surface area contributed by atoms with Crippen LogP contribution in [0.3, 0.4) is 0 Å². The minimum atomic E-state index is -4.80. The number of halogens is 4. The van der Waals surface area contributed by atoms with Gasteiger partial charge in [0.1, 0.15) is 11.9 Å². The Labute approximate surface area is 128 Å². The molecule has 0 saturated carbocycles. The molecule has 0 amide bonds. The number of hydrogen-bond donors (Lipinski definition) is 1. The topological polar surface area (TPSA) is 29.5 Å². The summed E-state index contributed by atoms with van der Waals surface area (Å²) in [6.45, 7) is 1.88. The van der Waals surface area contributed by atoms with Gasteiger partial charge < -0.3 is 9.84 Å². The minimum Gasteiger partial charge on any atom is -0.405 e. The van der Waals surface area contributed by atoms with Crippen molar-refractivity contribution in [3.8, 4) is 5.75 Å². The molecular formula is C15H12BrF3O2. The molecule has 0 radical (unpaired) electrons. The van der Waals surface area contributed by atoms with Crippen molar-refractivity contribution in [3.63, 3.8) is 0 Å². The van der Waals surface area contributed by atoms with Gasteiger partial charge >= 0.3 is 6.36 Å². The van der Waals surface area contributed by atoms with Gasteiger partial charge in [0.15, 0.2) is 0 Å². The first-order valence-corrected chi connectivity index (χ1v) is 6.86. The van der Waals surface area contributed by atoms with Crippen LogP contribution in [0.4, 0.5) is 13.2 Å². The third-order valence-corrected chi connectivity index (χ3v) is 3.81. The largest absolute Gasteiger partial charge is 0.573 e. The molecule has 2 nitrogen and oxygen atoms in total. The van der Waals surface area contributed by atoms with Crippen molar-refractivity contribution >= 4 is 15.9 Å². The SMILES string of the molecule is Cc1ccc(C(O)c2ccccc2OC(F)(F)F)cc1Br. The highest BCUT2D eigenvalue weighted by Gasteiger charge is 2.32. The van der Waals surface area contributed by atoms with E-state index in [1.54, 1.807) is 24.3 Å². The molecule has 2 aromatic carbocycles. The summed E-state index contributed by atoms with van der Waals surface area (Å²) in [6.07, 6.45) is -6.01. The fraction of sp³-hybridized carbons (Fsp3) is 0.200. The molecule has 1 unspecified atom stereocenters. The van der Waals surface area contributed by atoms with Gasteiger partial charge in [-0.2, -0.15) is 0 Å². The summed E-state index contributed by atoms with van der Waals surface area (Å²) in [5.74, 6) is -0.408. The molecular weight excluding hydrogens is 349 g/mol. The van der Waals surface area contributed by atoms with Crippen LogP contribution < -0.4 is 4.74 Å². The van der Waals surface area contributed by atoms with Crippen LogP contribution >= 0.6 is 15.9 Å². The summed E-state index contributed by atoms with van der Waals surface area (Å²) in [5, 5.41) is 10.3. The molecule has 0 heterocycles. The van der Waals surface area contributed by atoms with Gasteiger partial charge in [0, 0.05) is 10.0 Å². The monoisotopic (exact) mass is 360 g/mol. The van der Waals surface area contributed by atoms with Gasteiger partial charge in [0.05, 0.1) is 0 Å². The van der Waals surface area contributed by atoms with Gasteiger partial charge in [0.25, 0.3) is 0 Å². The van der Waals surface area contributed by atoms with E-state index in [1.807, 2.05) is 6.92 Å². The van der Waals surface area contributed by atoms with Gasteiger partial charge in [0.2, 0.25) is 0 Å². The second-order valence-electron chi connectivity index (χ2n) is 4.50. The van der Waals surface area contributed by atoms with Crippen LogP contribution in [-0.4, -0.2) is 11.5 Å². The lowest BCUT2D eigenvalue weighted by Crippen LogP contribution is -2.18. The number of aliphatic hydroxyl groups is 1. The maximum absolute atomic E-state index is 12.4. The quantitative estimate of drug-likeness (QED) is 0.856. The number of para-hydroxylation sites is 1. The molecule has 2 aromatic rings. The summed E-state index contributed by atoms with van der Waals surface area (Å²) in [5.41, 5.74) is 1.50. The first-order chi connectivity index (χ1) is 9.78. The van der Waals surface area contributed by atoms with Crippen molar-refractivity contribution in [2.24, 2.45) is 0 Å². The van der Waals surface area contributed by atoms with Crippen LogP contribution in [0.25, 0.3) is 0 Å². The molecule has 0 fully saturated rings. The Hall–Kier alpha value is -1.53. The highest BCUT2D eigenvalue weighted by molar-refractivity contribution is 9.10. The molecule has 112 valence electrons.